The number of nitrogens with zero attached hydrogens (tertiary/aromatic N) is 5. The van der Waals surface area contributed by atoms with Crippen LogP contribution in [0.3, 0.4) is 0 Å². The maximum Gasteiger partial charge on any atom is 0.247 e. The van der Waals surface area contributed by atoms with E-state index in [2.05, 4.69) is 21.5 Å². The van der Waals surface area contributed by atoms with Crippen molar-refractivity contribution in [1.29, 1.82) is 5.26 Å². The van der Waals surface area contributed by atoms with Gasteiger partial charge in [-0.05, 0) is 55.0 Å². The second-order valence-corrected chi connectivity index (χ2v) is 9.66. The van der Waals surface area contributed by atoms with Crippen molar-refractivity contribution in [3.63, 3.8) is 0 Å². The van der Waals surface area contributed by atoms with Gasteiger partial charge in [0.05, 0.1) is 41.5 Å². The number of anilines is 2. The number of benzene rings is 1. The lowest BCUT2D eigenvalue weighted by molar-refractivity contribution is -0.123. The topological polar surface area (TPSA) is 113 Å². The minimum atomic E-state index is -1.01. The number of hydrogen-bond acceptors (Lipinski definition) is 6. The summed E-state index contributed by atoms with van der Waals surface area (Å²) in [6.45, 7) is 1.88. The molecule has 1 aliphatic heterocycles. The molecule has 1 aliphatic carbocycles. The van der Waals surface area contributed by atoms with Crippen LogP contribution in [-0.2, 0) is 28.0 Å². The minimum absolute atomic E-state index is 0.0820. The molecule has 2 fully saturated rings. The Morgan fingerprint density at radius 2 is 2.08 bits per heavy atom. The highest BCUT2D eigenvalue weighted by atomic mass is 19.1. The fourth-order valence-corrected chi connectivity index (χ4v) is 5.10. The largest absolute Gasteiger partial charge is 0.378 e. The summed E-state index contributed by atoms with van der Waals surface area (Å²) in [5.74, 6) is -1.10. The van der Waals surface area contributed by atoms with Crippen LogP contribution < -0.4 is 10.2 Å². The molecule has 190 valence electrons. The zero-order valence-electron chi connectivity index (χ0n) is 20.9. The van der Waals surface area contributed by atoms with Gasteiger partial charge < -0.3 is 15.0 Å². The molecule has 1 N–H and O–H groups in total. The highest BCUT2D eigenvalue weighted by Gasteiger charge is 2.56. The van der Waals surface area contributed by atoms with Gasteiger partial charge in [-0.15, -0.1) is 0 Å². The highest BCUT2D eigenvalue weighted by molar-refractivity contribution is 6.03. The summed E-state index contributed by atoms with van der Waals surface area (Å²) in [5, 5.41) is 16.8. The van der Waals surface area contributed by atoms with Gasteiger partial charge in [0.1, 0.15) is 11.2 Å². The fourth-order valence-electron chi connectivity index (χ4n) is 5.10. The minimum Gasteiger partial charge on any atom is -0.378 e. The predicted octanol–water partition coefficient (Wildman–Crippen LogP) is 4.05. The van der Waals surface area contributed by atoms with Gasteiger partial charge in [-0.3, -0.25) is 19.3 Å². The van der Waals surface area contributed by atoms with Gasteiger partial charge in [0.15, 0.2) is 0 Å². The number of carbonyl (C=O) groups is 2. The molecule has 2 aromatic heterocycles. The maximum atomic E-state index is 15.8. The van der Waals surface area contributed by atoms with Crippen LogP contribution in [0.5, 0.6) is 0 Å². The number of halogens is 1. The molecule has 1 atom stereocenters. The Bertz CT molecular complexity index is 1440. The lowest BCUT2D eigenvalue weighted by Gasteiger charge is -2.22. The van der Waals surface area contributed by atoms with E-state index < -0.39 is 11.2 Å². The standard InChI is InChI=1S/C27H27FN6O3/c1-16(35)31-23-9-17(18-12-30-33(2)13-18)8-22(28)25(23)24-11-21(10-20(32-24)14-37-3)34-7-6-27(15-29,26(34)36)19-4-5-19/h8-13,19H,4-7,14H2,1-3H3,(H,31,35)/t27-/m1/s1. The van der Waals surface area contributed by atoms with Crippen LogP contribution in [0.4, 0.5) is 15.8 Å². The van der Waals surface area contributed by atoms with Crippen molar-refractivity contribution in [1.82, 2.24) is 14.8 Å². The molecule has 37 heavy (non-hydrogen) atoms. The molecule has 2 aliphatic rings. The molecular formula is C27H27FN6O3. The second kappa shape index (κ2) is 9.41. The van der Waals surface area contributed by atoms with Gasteiger partial charge in [-0.1, -0.05) is 0 Å². The summed E-state index contributed by atoms with van der Waals surface area (Å²) in [4.78, 5) is 31.7. The first kappa shape index (κ1) is 24.6. The number of rotatable bonds is 7. The smallest absolute Gasteiger partial charge is 0.247 e. The van der Waals surface area contributed by atoms with Crippen molar-refractivity contribution in [3.8, 4) is 28.5 Å². The third kappa shape index (κ3) is 4.47. The summed E-state index contributed by atoms with van der Waals surface area (Å²) in [7, 11) is 3.29. The van der Waals surface area contributed by atoms with Gasteiger partial charge >= 0.3 is 0 Å². The molecule has 3 heterocycles. The maximum absolute atomic E-state index is 15.8. The second-order valence-electron chi connectivity index (χ2n) is 9.66. The third-order valence-corrected chi connectivity index (χ3v) is 6.99. The molecule has 1 saturated carbocycles. The Morgan fingerprint density at radius 1 is 1.30 bits per heavy atom. The number of aromatic nitrogens is 3. The number of carbonyl (C=O) groups excluding carboxylic acids is 2. The van der Waals surface area contributed by atoms with Crippen molar-refractivity contribution in [3.05, 3.63) is 48.2 Å². The Hall–Kier alpha value is -4.10. The van der Waals surface area contributed by atoms with E-state index in [0.29, 0.717) is 35.5 Å². The van der Waals surface area contributed by atoms with Gasteiger partial charge in [0.2, 0.25) is 11.8 Å². The van der Waals surface area contributed by atoms with Gasteiger partial charge in [-0.25, -0.2) is 4.39 Å². The summed E-state index contributed by atoms with van der Waals surface area (Å²) < 4.78 is 22.7. The number of amides is 2. The summed E-state index contributed by atoms with van der Waals surface area (Å²) in [6, 6.07) is 8.70. The molecule has 0 spiro atoms. The monoisotopic (exact) mass is 502 g/mol. The van der Waals surface area contributed by atoms with E-state index in [0.717, 1.165) is 12.8 Å². The van der Waals surface area contributed by atoms with E-state index in [9.17, 15) is 14.9 Å². The summed E-state index contributed by atoms with van der Waals surface area (Å²) >= 11 is 0. The molecule has 0 unspecified atom stereocenters. The highest BCUT2D eigenvalue weighted by Crippen LogP contribution is 2.52. The lowest BCUT2D eigenvalue weighted by atomic mass is 9.83. The van der Waals surface area contributed by atoms with Gasteiger partial charge in [-0.2, -0.15) is 10.4 Å². The third-order valence-electron chi connectivity index (χ3n) is 6.99. The van der Waals surface area contributed by atoms with Gasteiger partial charge in [0, 0.05) is 45.1 Å². The number of methoxy groups -OCH3 is 1. The molecule has 9 nitrogen and oxygen atoms in total. The predicted molar refractivity (Wildman–Crippen MR) is 135 cm³/mol. The van der Waals surface area contributed by atoms with E-state index in [1.165, 1.54) is 20.1 Å². The fraction of sp³-hybridized carbons (Fsp3) is 0.370. The number of nitriles is 1. The molecule has 3 aromatic rings. The van der Waals surface area contributed by atoms with Crippen molar-refractivity contribution in [2.45, 2.75) is 32.8 Å². The average molecular weight is 503 g/mol. The number of aryl methyl sites for hydroxylation is 1. The molecule has 2 amide bonds. The van der Waals surface area contributed by atoms with Crippen molar-refractivity contribution in [2.24, 2.45) is 18.4 Å². The van der Waals surface area contributed by atoms with Crippen LogP contribution in [0, 0.1) is 28.5 Å². The molecule has 0 radical (unpaired) electrons. The van der Waals surface area contributed by atoms with Gasteiger partial charge in [0.25, 0.3) is 0 Å². The quantitative estimate of drug-likeness (QED) is 0.522. The van der Waals surface area contributed by atoms with E-state index in [-0.39, 0.29) is 41.3 Å². The van der Waals surface area contributed by atoms with Crippen LogP contribution in [-0.4, -0.2) is 40.2 Å². The SMILES string of the molecule is COCc1cc(N2CC[C@@](C#N)(C3CC3)C2=O)cc(-c2c(F)cc(-c3cnn(C)c3)cc2NC(C)=O)n1. The lowest BCUT2D eigenvalue weighted by Crippen LogP contribution is -2.35. The van der Waals surface area contributed by atoms with Crippen LogP contribution in [0.2, 0.25) is 0 Å². The van der Waals surface area contributed by atoms with E-state index in [4.69, 9.17) is 4.74 Å². The van der Waals surface area contributed by atoms with Crippen LogP contribution in [0.25, 0.3) is 22.4 Å². The molecule has 5 rings (SSSR count). The zero-order chi connectivity index (χ0) is 26.3. The van der Waals surface area contributed by atoms with E-state index in [1.54, 1.807) is 47.2 Å². The Labute approximate surface area is 213 Å². The average Bonchev–Trinajstić information content (AvgIpc) is 3.52. The molecule has 1 aromatic carbocycles. The number of hydrogen-bond donors (Lipinski definition) is 1. The van der Waals surface area contributed by atoms with E-state index >= 15 is 4.39 Å². The van der Waals surface area contributed by atoms with Crippen LogP contribution in [0.1, 0.15) is 31.9 Å². The Balaban J connectivity index is 1.62. The molecule has 0 bridgehead atoms. The molecule has 1 saturated heterocycles. The van der Waals surface area contributed by atoms with Crippen LogP contribution in [0.15, 0.2) is 36.7 Å². The first-order valence-electron chi connectivity index (χ1n) is 12.1. The normalized spacial score (nSPS) is 19.2. The van der Waals surface area contributed by atoms with Crippen molar-refractivity contribution < 1.29 is 18.7 Å². The zero-order valence-corrected chi connectivity index (χ0v) is 20.9. The number of nitrogens with one attached hydrogen (secondary N) is 1. The number of pyridine rings is 1. The summed E-state index contributed by atoms with van der Waals surface area (Å²) in [5.41, 5.74) is 1.83. The summed E-state index contributed by atoms with van der Waals surface area (Å²) in [6.07, 6.45) is 5.57. The van der Waals surface area contributed by atoms with E-state index in [1.807, 2.05) is 0 Å². The number of ether oxygens (including phenoxy) is 1. The Kier molecular flexibility index (Phi) is 6.25. The first-order valence-corrected chi connectivity index (χ1v) is 12.1. The first-order chi connectivity index (χ1) is 17.8. The van der Waals surface area contributed by atoms with Crippen molar-refractivity contribution >= 4 is 23.2 Å². The molecule has 10 heteroatoms. The Morgan fingerprint density at radius 3 is 2.70 bits per heavy atom. The van der Waals surface area contributed by atoms with Crippen LogP contribution >= 0.6 is 0 Å². The molecular weight excluding hydrogens is 475 g/mol. The van der Waals surface area contributed by atoms with Crippen molar-refractivity contribution in [2.75, 3.05) is 23.9 Å².